The van der Waals surface area contributed by atoms with E-state index < -0.39 is 0 Å². The number of benzene rings is 1. The molecule has 0 saturated heterocycles. The van der Waals surface area contributed by atoms with Gasteiger partial charge < -0.3 is 11.5 Å². The van der Waals surface area contributed by atoms with E-state index in [2.05, 4.69) is 26.1 Å². The minimum Gasteiger partial charge on any atom is -0.397 e. The second-order valence-corrected chi connectivity index (χ2v) is 3.29. The summed E-state index contributed by atoms with van der Waals surface area (Å²) in [4.78, 5) is 0. The summed E-state index contributed by atoms with van der Waals surface area (Å²) >= 11 is 3.29. The molecule has 0 aliphatic rings. The highest BCUT2D eigenvalue weighted by molar-refractivity contribution is 9.10. The molecule has 0 fully saturated rings. The average molecular weight is 227 g/mol. The van der Waals surface area contributed by atoms with Gasteiger partial charge in [-0.05, 0) is 28.1 Å². The van der Waals surface area contributed by atoms with E-state index in [1.54, 1.807) is 12.1 Å². The lowest BCUT2D eigenvalue weighted by Gasteiger charge is -1.98. The van der Waals surface area contributed by atoms with E-state index in [0.717, 1.165) is 15.5 Å². The summed E-state index contributed by atoms with van der Waals surface area (Å²) in [6.07, 6.45) is 0. The standard InChI is InChI=1S/C7H7BrN4/c8-7-3-1-4(9)5(10)2-6(3)11-12-7/h1-2H,9-10H2,(H,11,12). The third kappa shape index (κ3) is 0.937. The molecule has 12 heavy (non-hydrogen) atoms. The molecular weight excluding hydrogens is 220 g/mol. The van der Waals surface area contributed by atoms with Crippen LogP contribution in [0.5, 0.6) is 0 Å². The topological polar surface area (TPSA) is 80.7 Å². The van der Waals surface area contributed by atoms with E-state index in [0.29, 0.717) is 11.4 Å². The fraction of sp³-hybridized carbons (Fsp3) is 0. The van der Waals surface area contributed by atoms with Crippen LogP contribution in [0.3, 0.4) is 0 Å². The summed E-state index contributed by atoms with van der Waals surface area (Å²) in [5.41, 5.74) is 13.3. The number of fused-ring (bicyclic) bond motifs is 1. The predicted molar refractivity (Wildman–Crippen MR) is 52.6 cm³/mol. The maximum absolute atomic E-state index is 5.63. The van der Waals surface area contributed by atoms with Gasteiger partial charge in [0.1, 0.15) is 4.60 Å². The van der Waals surface area contributed by atoms with Crippen molar-refractivity contribution in [2.45, 2.75) is 0 Å². The van der Waals surface area contributed by atoms with Gasteiger partial charge in [-0.3, -0.25) is 5.10 Å². The van der Waals surface area contributed by atoms with Crippen LogP contribution in [0.25, 0.3) is 10.9 Å². The number of aromatic nitrogens is 2. The molecule has 1 aromatic heterocycles. The Kier molecular flexibility index (Phi) is 1.47. The molecule has 0 bridgehead atoms. The van der Waals surface area contributed by atoms with Crippen molar-refractivity contribution in [3.63, 3.8) is 0 Å². The first-order valence-corrected chi connectivity index (χ1v) is 4.16. The molecule has 5 heteroatoms. The minimum absolute atomic E-state index is 0.568. The van der Waals surface area contributed by atoms with Crippen molar-refractivity contribution in [2.24, 2.45) is 0 Å². The zero-order chi connectivity index (χ0) is 8.72. The van der Waals surface area contributed by atoms with Crippen LogP contribution in [0.4, 0.5) is 11.4 Å². The molecule has 4 nitrogen and oxygen atoms in total. The molecule has 0 amide bonds. The third-order valence-corrected chi connectivity index (χ3v) is 2.32. The summed E-state index contributed by atoms with van der Waals surface area (Å²) in [7, 11) is 0. The van der Waals surface area contributed by atoms with Crippen LogP contribution in [-0.4, -0.2) is 10.2 Å². The van der Waals surface area contributed by atoms with E-state index in [-0.39, 0.29) is 0 Å². The van der Waals surface area contributed by atoms with Crippen LogP contribution < -0.4 is 11.5 Å². The molecule has 0 saturated carbocycles. The highest BCUT2D eigenvalue weighted by Gasteiger charge is 2.04. The van der Waals surface area contributed by atoms with Gasteiger partial charge in [0.15, 0.2) is 0 Å². The second-order valence-electron chi connectivity index (χ2n) is 2.54. The lowest BCUT2D eigenvalue weighted by molar-refractivity contribution is 1.10. The van der Waals surface area contributed by atoms with Crippen LogP contribution in [0.1, 0.15) is 0 Å². The summed E-state index contributed by atoms with van der Waals surface area (Å²) in [5.74, 6) is 0. The predicted octanol–water partition coefficient (Wildman–Crippen LogP) is 1.49. The maximum Gasteiger partial charge on any atom is 0.135 e. The van der Waals surface area contributed by atoms with E-state index in [1.807, 2.05) is 0 Å². The van der Waals surface area contributed by atoms with Crippen LogP contribution in [-0.2, 0) is 0 Å². The molecule has 2 rings (SSSR count). The Balaban J connectivity index is 2.87. The number of nitrogens with two attached hydrogens (primary N) is 2. The zero-order valence-electron chi connectivity index (χ0n) is 6.13. The molecule has 0 spiro atoms. The number of nitrogen functional groups attached to an aromatic ring is 2. The zero-order valence-corrected chi connectivity index (χ0v) is 7.72. The molecule has 1 heterocycles. The number of H-pyrrole nitrogens is 1. The fourth-order valence-electron chi connectivity index (χ4n) is 1.07. The summed E-state index contributed by atoms with van der Waals surface area (Å²) in [6, 6.07) is 3.56. The summed E-state index contributed by atoms with van der Waals surface area (Å²) in [6.45, 7) is 0. The number of anilines is 2. The third-order valence-electron chi connectivity index (χ3n) is 1.72. The number of halogens is 1. The Morgan fingerprint density at radius 3 is 2.67 bits per heavy atom. The normalized spacial score (nSPS) is 10.8. The number of nitrogens with one attached hydrogen (secondary N) is 1. The average Bonchev–Trinajstić information content (AvgIpc) is 2.35. The Bertz CT molecular complexity index is 434. The van der Waals surface area contributed by atoms with Crippen molar-refractivity contribution < 1.29 is 0 Å². The van der Waals surface area contributed by atoms with Gasteiger partial charge in [0, 0.05) is 5.39 Å². The van der Waals surface area contributed by atoms with Crippen LogP contribution in [0.15, 0.2) is 16.7 Å². The molecule has 0 atom stereocenters. The Morgan fingerprint density at radius 1 is 1.25 bits per heavy atom. The lowest BCUT2D eigenvalue weighted by Crippen LogP contribution is -1.93. The number of hydrogen-bond donors (Lipinski definition) is 3. The van der Waals surface area contributed by atoms with Crippen molar-refractivity contribution in [3.8, 4) is 0 Å². The summed E-state index contributed by atoms with van der Waals surface area (Å²) in [5, 5.41) is 7.73. The van der Waals surface area contributed by atoms with Gasteiger partial charge in [0.25, 0.3) is 0 Å². The number of aromatic amines is 1. The van der Waals surface area contributed by atoms with E-state index in [4.69, 9.17) is 11.5 Å². The fourth-order valence-corrected chi connectivity index (χ4v) is 1.48. The molecule has 0 radical (unpaired) electrons. The Labute approximate surface area is 77.1 Å². The van der Waals surface area contributed by atoms with Crippen molar-refractivity contribution in [1.29, 1.82) is 0 Å². The van der Waals surface area contributed by atoms with Crippen molar-refractivity contribution in [1.82, 2.24) is 10.2 Å². The van der Waals surface area contributed by atoms with Crippen molar-refractivity contribution >= 4 is 38.2 Å². The molecule has 2 aromatic rings. The Hall–Kier alpha value is -1.23. The lowest BCUT2D eigenvalue weighted by atomic mass is 10.2. The van der Waals surface area contributed by atoms with Gasteiger partial charge in [-0.25, -0.2) is 0 Å². The smallest absolute Gasteiger partial charge is 0.135 e. The van der Waals surface area contributed by atoms with Crippen LogP contribution >= 0.6 is 15.9 Å². The molecule has 5 N–H and O–H groups in total. The summed E-state index contributed by atoms with van der Waals surface area (Å²) < 4.78 is 0.754. The highest BCUT2D eigenvalue weighted by Crippen LogP contribution is 2.26. The van der Waals surface area contributed by atoms with Crippen molar-refractivity contribution in [2.75, 3.05) is 11.5 Å². The van der Waals surface area contributed by atoms with Gasteiger partial charge in [0.05, 0.1) is 16.9 Å². The molecule has 0 aliphatic carbocycles. The molecule has 0 aliphatic heterocycles. The van der Waals surface area contributed by atoms with Gasteiger partial charge in [0.2, 0.25) is 0 Å². The van der Waals surface area contributed by atoms with Gasteiger partial charge in [-0.1, -0.05) is 0 Å². The van der Waals surface area contributed by atoms with Crippen molar-refractivity contribution in [3.05, 3.63) is 16.7 Å². The van der Waals surface area contributed by atoms with Gasteiger partial charge in [-0.15, -0.1) is 0 Å². The SMILES string of the molecule is Nc1cc2[nH]nc(Br)c2cc1N. The van der Waals surface area contributed by atoms with E-state index in [9.17, 15) is 0 Å². The monoisotopic (exact) mass is 226 g/mol. The van der Waals surface area contributed by atoms with Gasteiger partial charge in [-0.2, -0.15) is 5.10 Å². The number of nitrogens with zero attached hydrogens (tertiary/aromatic N) is 1. The van der Waals surface area contributed by atoms with E-state index >= 15 is 0 Å². The largest absolute Gasteiger partial charge is 0.397 e. The Morgan fingerprint density at radius 2 is 1.92 bits per heavy atom. The van der Waals surface area contributed by atoms with Crippen LogP contribution in [0.2, 0.25) is 0 Å². The van der Waals surface area contributed by atoms with Crippen LogP contribution in [0, 0.1) is 0 Å². The first kappa shape index (κ1) is 7.42. The number of rotatable bonds is 0. The molecule has 1 aromatic carbocycles. The maximum atomic E-state index is 5.63. The molecule has 62 valence electrons. The van der Waals surface area contributed by atoms with E-state index in [1.165, 1.54) is 0 Å². The second kappa shape index (κ2) is 2.38. The molecular formula is C7H7BrN4. The highest BCUT2D eigenvalue weighted by atomic mass is 79.9. The first-order chi connectivity index (χ1) is 5.68. The quantitative estimate of drug-likeness (QED) is 0.596. The number of hydrogen-bond acceptors (Lipinski definition) is 3. The minimum atomic E-state index is 0.568. The van der Waals surface area contributed by atoms with Gasteiger partial charge >= 0.3 is 0 Å². The molecule has 0 unspecified atom stereocenters. The first-order valence-electron chi connectivity index (χ1n) is 3.37.